The maximum absolute atomic E-state index is 8.88. The number of nitrogen functional groups attached to an aromatic ring is 1. The zero-order valence-electron chi connectivity index (χ0n) is 11.0. The van der Waals surface area contributed by atoms with Crippen molar-refractivity contribution >= 4 is 5.82 Å². The number of aliphatic hydroxyl groups is 1. The lowest BCUT2D eigenvalue weighted by molar-refractivity contribution is 0.270. The first-order valence-corrected chi connectivity index (χ1v) is 6.29. The van der Waals surface area contributed by atoms with Crippen molar-refractivity contribution in [1.82, 2.24) is 9.78 Å². The van der Waals surface area contributed by atoms with Crippen LogP contribution in [0.1, 0.15) is 11.3 Å². The van der Waals surface area contributed by atoms with Gasteiger partial charge in [-0.1, -0.05) is 12.1 Å². The second-order valence-electron chi connectivity index (χ2n) is 4.36. The van der Waals surface area contributed by atoms with Crippen LogP contribution in [-0.2, 0) is 19.4 Å². The summed E-state index contributed by atoms with van der Waals surface area (Å²) in [7, 11) is 1.66. The average Bonchev–Trinajstić information content (AvgIpc) is 2.78. The van der Waals surface area contributed by atoms with Crippen LogP contribution in [-0.4, -0.2) is 28.6 Å². The number of ether oxygens (including phenoxy) is 1. The van der Waals surface area contributed by atoms with Gasteiger partial charge in [0.2, 0.25) is 0 Å². The zero-order chi connectivity index (χ0) is 13.7. The number of methoxy groups -OCH3 is 1. The smallest absolute Gasteiger partial charge is 0.122 e. The van der Waals surface area contributed by atoms with Crippen molar-refractivity contribution < 1.29 is 9.84 Å². The third-order valence-electron chi connectivity index (χ3n) is 3.00. The molecule has 3 N–H and O–H groups in total. The summed E-state index contributed by atoms with van der Waals surface area (Å²) in [6.45, 7) is 0.484. The van der Waals surface area contributed by atoms with E-state index in [9.17, 15) is 0 Å². The number of hydrogen-bond acceptors (Lipinski definition) is 4. The summed E-state index contributed by atoms with van der Waals surface area (Å²) in [5.74, 6) is 1.46. The van der Waals surface area contributed by atoms with E-state index in [-0.39, 0.29) is 6.61 Å². The minimum absolute atomic E-state index is 0.0454. The Hall–Kier alpha value is -2.01. The summed E-state index contributed by atoms with van der Waals surface area (Å²) in [5, 5.41) is 13.2. The molecule has 5 heteroatoms. The van der Waals surface area contributed by atoms with E-state index in [2.05, 4.69) is 5.10 Å². The quantitative estimate of drug-likeness (QED) is 0.821. The van der Waals surface area contributed by atoms with E-state index in [0.29, 0.717) is 12.4 Å². The van der Waals surface area contributed by atoms with Crippen LogP contribution in [0.5, 0.6) is 5.75 Å². The topological polar surface area (TPSA) is 73.3 Å². The van der Waals surface area contributed by atoms with Gasteiger partial charge in [-0.2, -0.15) is 5.10 Å². The van der Waals surface area contributed by atoms with Gasteiger partial charge in [0.05, 0.1) is 26.0 Å². The number of nitrogens with two attached hydrogens (primary N) is 1. The Morgan fingerprint density at radius 1 is 1.26 bits per heavy atom. The number of aliphatic hydroxyl groups excluding tert-OH is 1. The summed E-state index contributed by atoms with van der Waals surface area (Å²) in [4.78, 5) is 0. The first kappa shape index (κ1) is 13.4. The zero-order valence-corrected chi connectivity index (χ0v) is 11.0. The van der Waals surface area contributed by atoms with Gasteiger partial charge in [-0.3, -0.25) is 0 Å². The predicted molar refractivity (Wildman–Crippen MR) is 74.1 cm³/mol. The fourth-order valence-electron chi connectivity index (χ4n) is 1.95. The molecule has 1 heterocycles. The van der Waals surface area contributed by atoms with E-state index in [0.717, 1.165) is 24.3 Å². The molecule has 0 aliphatic carbocycles. The molecule has 19 heavy (non-hydrogen) atoms. The Morgan fingerprint density at radius 3 is 2.63 bits per heavy atom. The molecule has 0 bridgehead atoms. The normalized spacial score (nSPS) is 10.6. The van der Waals surface area contributed by atoms with Crippen LogP contribution in [0.15, 0.2) is 30.3 Å². The number of aryl methyl sites for hydroxylation is 2. The van der Waals surface area contributed by atoms with Crippen LogP contribution in [0.4, 0.5) is 5.82 Å². The molecular weight excluding hydrogens is 242 g/mol. The van der Waals surface area contributed by atoms with E-state index in [1.807, 2.05) is 30.3 Å². The van der Waals surface area contributed by atoms with Crippen molar-refractivity contribution in [1.29, 1.82) is 0 Å². The predicted octanol–water partition coefficient (Wildman–Crippen LogP) is 1.25. The maximum Gasteiger partial charge on any atom is 0.122 e. The molecule has 0 saturated carbocycles. The highest BCUT2D eigenvalue weighted by atomic mass is 16.5. The Kier molecular flexibility index (Phi) is 4.41. The molecule has 0 unspecified atom stereocenters. The van der Waals surface area contributed by atoms with Crippen molar-refractivity contribution in [2.45, 2.75) is 19.4 Å². The number of nitrogens with zero attached hydrogens (tertiary/aromatic N) is 2. The summed E-state index contributed by atoms with van der Waals surface area (Å²) in [5.41, 5.74) is 7.99. The van der Waals surface area contributed by atoms with Crippen molar-refractivity contribution in [2.24, 2.45) is 0 Å². The highest BCUT2D eigenvalue weighted by Gasteiger charge is 2.05. The van der Waals surface area contributed by atoms with Crippen molar-refractivity contribution in [2.75, 3.05) is 19.5 Å². The number of anilines is 1. The third-order valence-corrected chi connectivity index (χ3v) is 3.00. The van der Waals surface area contributed by atoms with E-state index in [1.54, 1.807) is 11.8 Å². The van der Waals surface area contributed by atoms with Crippen LogP contribution in [0.3, 0.4) is 0 Å². The van der Waals surface area contributed by atoms with Gasteiger partial charge in [0.1, 0.15) is 11.6 Å². The molecule has 102 valence electrons. The molecule has 0 atom stereocenters. The molecule has 0 radical (unpaired) electrons. The molecule has 0 fully saturated rings. The van der Waals surface area contributed by atoms with Crippen LogP contribution >= 0.6 is 0 Å². The highest BCUT2D eigenvalue weighted by Crippen LogP contribution is 2.14. The molecule has 5 nitrogen and oxygen atoms in total. The van der Waals surface area contributed by atoms with Crippen LogP contribution < -0.4 is 10.5 Å². The Balaban J connectivity index is 1.95. The Labute approximate surface area is 112 Å². The lowest BCUT2D eigenvalue weighted by Gasteiger charge is -2.02. The largest absolute Gasteiger partial charge is 0.497 e. The van der Waals surface area contributed by atoms with E-state index < -0.39 is 0 Å². The van der Waals surface area contributed by atoms with Gasteiger partial charge >= 0.3 is 0 Å². The first-order chi connectivity index (χ1) is 9.22. The molecule has 1 aromatic carbocycles. The molecule has 0 aliphatic heterocycles. The summed E-state index contributed by atoms with van der Waals surface area (Å²) < 4.78 is 6.75. The Bertz CT molecular complexity index is 520. The molecule has 2 aromatic rings. The molecule has 0 amide bonds. The third kappa shape index (κ3) is 3.48. The van der Waals surface area contributed by atoms with Gasteiger partial charge in [-0.05, 0) is 30.5 Å². The second kappa shape index (κ2) is 6.24. The molecule has 0 aliphatic rings. The van der Waals surface area contributed by atoms with E-state index in [1.165, 1.54) is 5.56 Å². The molecule has 2 rings (SSSR count). The van der Waals surface area contributed by atoms with Gasteiger partial charge in [-0.15, -0.1) is 0 Å². The fraction of sp³-hybridized carbons (Fsp3) is 0.357. The lowest BCUT2D eigenvalue weighted by atomic mass is 10.1. The molecule has 0 spiro atoms. The van der Waals surface area contributed by atoms with Gasteiger partial charge in [-0.25, -0.2) is 4.68 Å². The number of hydrogen-bond donors (Lipinski definition) is 2. The minimum atomic E-state index is 0.0454. The van der Waals surface area contributed by atoms with E-state index in [4.69, 9.17) is 15.6 Å². The molecule has 1 aromatic heterocycles. The second-order valence-corrected chi connectivity index (χ2v) is 4.36. The monoisotopic (exact) mass is 261 g/mol. The standard InChI is InChI=1S/C14H19N3O2/c1-19-13-6-3-11(4-7-13)2-5-12-10-14(15)17(16-12)8-9-18/h3-4,6-7,10,18H,2,5,8-9,15H2,1H3. The van der Waals surface area contributed by atoms with Crippen molar-refractivity contribution in [3.05, 3.63) is 41.6 Å². The number of rotatable bonds is 6. The number of benzene rings is 1. The van der Waals surface area contributed by atoms with Gasteiger partial charge in [0.25, 0.3) is 0 Å². The summed E-state index contributed by atoms with van der Waals surface area (Å²) in [6, 6.07) is 9.86. The fourth-order valence-corrected chi connectivity index (χ4v) is 1.95. The van der Waals surface area contributed by atoms with Crippen LogP contribution in [0.2, 0.25) is 0 Å². The van der Waals surface area contributed by atoms with Crippen molar-refractivity contribution in [3.63, 3.8) is 0 Å². The number of aromatic nitrogens is 2. The van der Waals surface area contributed by atoms with Crippen LogP contribution in [0.25, 0.3) is 0 Å². The molecule has 0 saturated heterocycles. The van der Waals surface area contributed by atoms with Gasteiger partial charge in [0.15, 0.2) is 0 Å². The highest BCUT2D eigenvalue weighted by molar-refractivity contribution is 5.32. The van der Waals surface area contributed by atoms with Gasteiger partial charge in [0, 0.05) is 6.07 Å². The minimum Gasteiger partial charge on any atom is -0.497 e. The Morgan fingerprint density at radius 2 is 2.00 bits per heavy atom. The average molecular weight is 261 g/mol. The summed E-state index contributed by atoms with van der Waals surface area (Å²) >= 11 is 0. The SMILES string of the molecule is COc1ccc(CCc2cc(N)n(CCO)n2)cc1. The van der Waals surface area contributed by atoms with Crippen molar-refractivity contribution in [3.8, 4) is 5.75 Å². The molecular formula is C14H19N3O2. The maximum atomic E-state index is 8.88. The van der Waals surface area contributed by atoms with E-state index >= 15 is 0 Å². The first-order valence-electron chi connectivity index (χ1n) is 6.29. The lowest BCUT2D eigenvalue weighted by Crippen LogP contribution is -2.07. The van der Waals surface area contributed by atoms with Gasteiger partial charge < -0.3 is 15.6 Å². The van der Waals surface area contributed by atoms with Crippen LogP contribution in [0, 0.1) is 0 Å². The summed E-state index contributed by atoms with van der Waals surface area (Å²) in [6.07, 6.45) is 1.73.